The monoisotopic (exact) mass is 376 g/mol. The number of hydrogen-bond acceptors (Lipinski definition) is 7. The minimum atomic E-state index is 0.180. The third-order valence-electron chi connectivity index (χ3n) is 4.75. The molecule has 0 amide bonds. The van der Waals surface area contributed by atoms with Crippen LogP contribution in [0.5, 0.6) is 6.01 Å². The van der Waals surface area contributed by atoms with E-state index in [0.29, 0.717) is 12.0 Å². The van der Waals surface area contributed by atoms with Crippen LogP contribution in [0.15, 0.2) is 61.2 Å². The van der Waals surface area contributed by atoms with Crippen LogP contribution >= 0.6 is 0 Å². The van der Waals surface area contributed by atoms with Crippen molar-refractivity contribution in [1.82, 2.24) is 24.8 Å². The van der Waals surface area contributed by atoms with E-state index in [9.17, 15) is 0 Å². The summed E-state index contributed by atoms with van der Waals surface area (Å²) in [4.78, 5) is 19.5. The first kappa shape index (κ1) is 18.3. The van der Waals surface area contributed by atoms with Gasteiger partial charge in [-0.05, 0) is 24.5 Å². The van der Waals surface area contributed by atoms with Gasteiger partial charge in [0.25, 0.3) is 0 Å². The molecule has 3 aromatic rings. The first-order valence-corrected chi connectivity index (χ1v) is 9.60. The summed E-state index contributed by atoms with van der Waals surface area (Å²) in [6, 6.07) is 12.5. The van der Waals surface area contributed by atoms with Gasteiger partial charge in [-0.3, -0.25) is 4.90 Å². The van der Waals surface area contributed by atoms with E-state index in [-0.39, 0.29) is 6.10 Å². The quantitative estimate of drug-likeness (QED) is 0.679. The lowest BCUT2D eigenvalue weighted by Crippen LogP contribution is -2.38. The molecule has 0 aliphatic carbocycles. The Labute approximate surface area is 164 Å². The van der Waals surface area contributed by atoms with Gasteiger partial charge in [0.2, 0.25) is 5.95 Å². The second kappa shape index (κ2) is 9.23. The van der Waals surface area contributed by atoms with Crippen molar-refractivity contribution < 1.29 is 4.74 Å². The van der Waals surface area contributed by atoms with E-state index >= 15 is 0 Å². The zero-order valence-electron chi connectivity index (χ0n) is 15.7. The number of ether oxygens (including phenoxy) is 1. The van der Waals surface area contributed by atoms with Crippen molar-refractivity contribution in [3.63, 3.8) is 0 Å². The molecule has 7 heteroatoms. The Morgan fingerprint density at radius 1 is 0.893 bits per heavy atom. The molecule has 0 saturated carbocycles. The van der Waals surface area contributed by atoms with Crippen molar-refractivity contribution >= 4 is 5.95 Å². The van der Waals surface area contributed by atoms with Gasteiger partial charge < -0.3 is 10.1 Å². The van der Waals surface area contributed by atoms with Gasteiger partial charge in [0, 0.05) is 56.5 Å². The van der Waals surface area contributed by atoms with Gasteiger partial charge in [-0.25, -0.2) is 19.9 Å². The number of nitrogens with one attached hydrogen (secondary N) is 1. The third-order valence-corrected chi connectivity index (χ3v) is 4.75. The highest BCUT2D eigenvalue weighted by Gasteiger charge is 2.21. The van der Waals surface area contributed by atoms with E-state index in [2.05, 4.69) is 42.3 Å². The Hall–Kier alpha value is -3.06. The predicted molar refractivity (Wildman–Crippen MR) is 107 cm³/mol. The highest BCUT2D eigenvalue weighted by Crippen LogP contribution is 2.17. The number of benzene rings is 1. The Morgan fingerprint density at radius 3 is 2.32 bits per heavy atom. The lowest BCUT2D eigenvalue weighted by Gasteiger charge is -2.31. The van der Waals surface area contributed by atoms with Crippen molar-refractivity contribution in [3.05, 3.63) is 72.3 Å². The molecule has 2 aromatic heterocycles. The van der Waals surface area contributed by atoms with Crippen LogP contribution in [0.3, 0.4) is 0 Å². The largest absolute Gasteiger partial charge is 0.460 e. The molecule has 1 aromatic carbocycles. The summed E-state index contributed by atoms with van der Waals surface area (Å²) in [7, 11) is 0. The average Bonchev–Trinajstić information content (AvgIpc) is 2.76. The van der Waals surface area contributed by atoms with Gasteiger partial charge in [0.05, 0.1) is 0 Å². The molecule has 3 heterocycles. The molecule has 7 nitrogen and oxygen atoms in total. The summed E-state index contributed by atoms with van der Waals surface area (Å²) in [5.74, 6) is 0.655. The lowest BCUT2D eigenvalue weighted by molar-refractivity contribution is 0.0891. The summed E-state index contributed by atoms with van der Waals surface area (Å²) in [5.41, 5.74) is 2.33. The van der Waals surface area contributed by atoms with Crippen molar-refractivity contribution in [1.29, 1.82) is 0 Å². The second-order valence-corrected chi connectivity index (χ2v) is 6.88. The fourth-order valence-electron chi connectivity index (χ4n) is 3.24. The number of likely N-dealkylation sites (tertiary alicyclic amines) is 1. The Balaban J connectivity index is 1.22. The van der Waals surface area contributed by atoms with Crippen LogP contribution in [0.25, 0.3) is 0 Å². The van der Waals surface area contributed by atoms with E-state index < -0.39 is 0 Å². The molecule has 0 bridgehead atoms. The number of aromatic nitrogens is 4. The molecule has 0 spiro atoms. The van der Waals surface area contributed by atoms with E-state index in [4.69, 9.17) is 4.74 Å². The maximum absolute atomic E-state index is 5.85. The SMILES string of the molecule is c1ccc(CNc2ncc(CN3CCC(Oc4ncccn4)CC3)cn2)cc1. The summed E-state index contributed by atoms with van der Waals surface area (Å²) >= 11 is 0. The predicted octanol–water partition coefficient (Wildman–Crippen LogP) is 2.92. The van der Waals surface area contributed by atoms with Crippen molar-refractivity contribution in [2.45, 2.75) is 32.0 Å². The lowest BCUT2D eigenvalue weighted by atomic mass is 10.1. The van der Waals surface area contributed by atoms with Crippen LogP contribution in [0.2, 0.25) is 0 Å². The van der Waals surface area contributed by atoms with Crippen LogP contribution in [0, 0.1) is 0 Å². The molecule has 1 saturated heterocycles. The summed E-state index contributed by atoms with van der Waals surface area (Å²) < 4.78 is 5.85. The molecular weight excluding hydrogens is 352 g/mol. The number of anilines is 1. The molecule has 144 valence electrons. The molecule has 1 N–H and O–H groups in total. The normalized spacial score (nSPS) is 15.3. The molecule has 1 aliphatic heterocycles. The Bertz CT molecular complexity index is 836. The topological polar surface area (TPSA) is 76.1 Å². The van der Waals surface area contributed by atoms with Crippen LogP contribution in [-0.2, 0) is 13.1 Å². The van der Waals surface area contributed by atoms with E-state index in [1.54, 1.807) is 18.5 Å². The molecule has 1 aliphatic rings. The molecule has 0 radical (unpaired) electrons. The zero-order valence-corrected chi connectivity index (χ0v) is 15.7. The molecule has 1 fully saturated rings. The maximum atomic E-state index is 5.85. The standard InChI is InChI=1S/C21H24N6O/c1-2-5-17(6-3-1)13-24-20-25-14-18(15-26-20)16-27-11-7-19(8-12-27)28-21-22-9-4-10-23-21/h1-6,9-10,14-15,19H,7-8,11-13,16H2,(H,24,25,26). The van der Waals surface area contributed by atoms with Gasteiger partial charge >= 0.3 is 6.01 Å². The van der Waals surface area contributed by atoms with Crippen LogP contribution in [-0.4, -0.2) is 44.0 Å². The van der Waals surface area contributed by atoms with Crippen molar-refractivity contribution in [2.75, 3.05) is 18.4 Å². The van der Waals surface area contributed by atoms with Gasteiger partial charge in [-0.1, -0.05) is 30.3 Å². The van der Waals surface area contributed by atoms with Gasteiger partial charge in [-0.15, -0.1) is 0 Å². The van der Waals surface area contributed by atoms with Crippen LogP contribution < -0.4 is 10.1 Å². The van der Waals surface area contributed by atoms with Crippen LogP contribution in [0.4, 0.5) is 5.95 Å². The van der Waals surface area contributed by atoms with Crippen molar-refractivity contribution in [2.24, 2.45) is 0 Å². The maximum Gasteiger partial charge on any atom is 0.316 e. The number of piperidine rings is 1. The van der Waals surface area contributed by atoms with Gasteiger partial charge in [0.1, 0.15) is 6.10 Å². The first-order chi connectivity index (χ1) is 13.8. The van der Waals surface area contributed by atoms with Gasteiger partial charge in [-0.2, -0.15) is 0 Å². The smallest absolute Gasteiger partial charge is 0.316 e. The zero-order chi connectivity index (χ0) is 19.0. The average molecular weight is 376 g/mol. The second-order valence-electron chi connectivity index (χ2n) is 6.88. The summed E-state index contributed by atoms with van der Waals surface area (Å²) in [6.07, 6.45) is 9.33. The number of rotatable bonds is 7. The van der Waals surface area contributed by atoms with E-state index in [1.807, 2.05) is 30.6 Å². The third kappa shape index (κ3) is 5.23. The Morgan fingerprint density at radius 2 is 1.61 bits per heavy atom. The highest BCUT2D eigenvalue weighted by atomic mass is 16.5. The molecule has 0 unspecified atom stereocenters. The molecular formula is C21H24N6O. The summed E-state index contributed by atoms with van der Waals surface area (Å²) in [5, 5.41) is 3.26. The fraction of sp³-hybridized carbons (Fsp3) is 0.333. The van der Waals surface area contributed by atoms with Crippen molar-refractivity contribution in [3.8, 4) is 6.01 Å². The van der Waals surface area contributed by atoms with E-state index in [1.165, 1.54) is 5.56 Å². The number of nitrogens with zero attached hydrogens (tertiary/aromatic N) is 5. The Kier molecular flexibility index (Phi) is 6.04. The molecule has 4 rings (SSSR count). The first-order valence-electron chi connectivity index (χ1n) is 9.60. The van der Waals surface area contributed by atoms with Crippen LogP contribution in [0.1, 0.15) is 24.0 Å². The minimum absolute atomic E-state index is 0.180. The fourth-order valence-corrected chi connectivity index (χ4v) is 3.24. The number of hydrogen-bond donors (Lipinski definition) is 1. The summed E-state index contributed by atoms with van der Waals surface area (Å²) in [6.45, 7) is 3.53. The van der Waals surface area contributed by atoms with Gasteiger partial charge in [0.15, 0.2) is 0 Å². The molecule has 0 atom stereocenters. The highest BCUT2D eigenvalue weighted by molar-refractivity contribution is 5.27. The molecule has 28 heavy (non-hydrogen) atoms. The van der Waals surface area contributed by atoms with E-state index in [0.717, 1.165) is 44.6 Å². The minimum Gasteiger partial charge on any atom is -0.460 e.